The van der Waals surface area contributed by atoms with Gasteiger partial charge in [-0.25, -0.2) is 0 Å². The van der Waals surface area contributed by atoms with E-state index >= 15 is 0 Å². The van der Waals surface area contributed by atoms with Gasteiger partial charge in [-0.15, -0.1) is 0 Å². The summed E-state index contributed by atoms with van der Waals surface area (Å²) in [7, 11) is 0. The highest BCUT2D eigenvalue weighted by Gasteiger charge is 2.30. The molecule has 0 aliphatic rings. The van der Waals surface area contributed by atoms with Gasteiger partial charge in [-0.05, 0) is 25.2 Å². The van der Waals surface area contributed by atoms with E-state index in [0.29, 0.717) is 5.92 Å². The third kappa shape index (κ3) is 9.77. The van der Waals surface area contributed by atoms with Gasteiger partial charge < -0.3 is 11.2 Å². The first-order valence-corrected chi connectivity index (χ1v) is 8.89. The first-order chi connectivity index (χ1) is 9.10. The number of hydrogen-bond acceptors (Lipinski definition) is 1. The minimum Gasteiger partial charge on any atom is -0.412 e. The maximum Gasteiger partial charge on any atom is 0.0180 e. The van der Waals surface area contributed by atoms with Gasteiger partial charge in [-0.2, -0.15) is 0 Å². The Labute approximate surface area is 128 Å². The van der Waals surface area contributed by atoms with E-state index in [-0.39, 0.29) is 11.0 Å². The molecule has 0 rings (SSSR count). The Morgan fingerprint density at radius 1 is 0.750 bits per heavy atom. The van der Waals surface area contributed by atoms with Crippen molar-refractivity contribution in [3.8, 4) is 0 Å². The van der Waals surface area contributed by atoms with Crippen molar-refractivity contribution in [2.45, 2.75) is 110 Å². The van der Waals surface area contributed by atoms with Gasteiger partial charge in [0.1, 0.15) is 0 Å². The molecule has 1 atom stereocenters. The molecular weight excluding hydrogens is 246 g/mol. The van der Waals surface area contributed by atoms with Crippen LogP contribution in [0.2, 0.25) is 0 Å². The summed E-state index contributed by atoms with van der Waals surface area (Å²) in [5.41, 5.74) is 6.91. The standard InChI is InChI=1S/C18H39N.H2O/c1-5-8-11-14-17(4)18(19,15-12-9-6-2)16-13-10-7-3;/h17H,5-16,19H2,1-4H3;1H2. The summed E-state index contributed by atoms with van der Waals surface area (Å²) < 4.78 is 0. The van der Waals surface area contributed by atoms with E-state index in [2.05, 4.69) is 27.7 Å². The summed E-state index contributed by atoms with van der Waals surface area (Å²) in [6, 6.07) is 0. The van der Waals surface area contributed by atoms with Crippen LogP contribution in [0.1, 0.15) is 105 Å². The minimum atomic E-state index is 0. The fraction of sp³-hybridized carbons (Fsp3) is 1.00. The molecule has 0 fully saturated rings. The van der Waals surface area contributed by atoms with Gasteiger partial charge in [0, 0.05) is 5.54 Å². The van der Waals surface area contributed by atoms with E-state index < -0.39 is 0 Å². The third-order valence-electron chi connectivity index (χ3n) is 4.71. The van der Waals surface area contributed by atoms with Crippen molar-refractivity contribution in [2.75, 3.05) is 0 Å². The molecule has 0 spiro atoms. The Balaban J connectivity index is 0. The highest BCUT2D eigenvalue weighted by atomic mass is 16.0. The van der Waals surface area contributed by atoms with Crippen LogP contribution in [0, 0.1) is 5.92 Å². The van der Waals surface area contributed by atoms with E-state index in [4.69, 9.17) is 5.73 Å². The largest absolute Gasteiger partial charge is 0.412 e. The van der Waals surface area contributed by atoms with Crippen LogP contribution in [0.5, 0.6) is 0 Å². The molecule has 4 N–H and O–H groups in total. The quantitative estimate of drug-likeness (QED) is 0.463. The van der Waals surface area contributed by atoms with Gasteiger partial charge in [0.2, 0.25) is 0 Å². The molecule has 0 aromatic heterocycles. The minimum absolute atomic E-state index is 0. The van der Waals surface area contributed by atoms with Crippen molar-refractivity contribution in [3.05, 3.63) is 0 Å². The Hall–Kier alpha value is -0.0800. The van der Waals surface area contributed by atoms with Gasteiger partial charge in [0.15, 0.2) is 0 Å². The second-order valence-corrected chi connectivity index (χ2v) is 6.54. The third-order valence-corrected chi connectivity index (χ3v) is 4.71. The fourth-order valence-electron chi connectivity index (χ4n) is 3.01. The van der Waals surface area contributed by atoms with Crippen LogP contribution in [-0.2, 0) is 0 Å². The predicted octanol–water partition coefficient (Wildman–Crippen LogP) is 5.24. The maximum atomic E-state index is 6.81. The van der Waals surface area contributed by atoms with Gasteiger partial charge in [0.05, 0.1) is 0 Å². The Bertz CT molecular complexity index is 184. The van der Waals surface area contributed by atoms with Crippen LogP contribution < -0.4 is 5.73 Å². The molecule has 0 aromatic carbocycles. The van der Waals surface area contributed by atoms with E-state index in [9.17, 15) is 0 Å². The molecule has 0 amide bonds. The van der Waals surface area contributed by atoms with Crippen LogP contribution in [0.15, 0.2) is 0 Å². The molecule has 0 saturated carbocycles. The molecule has 0 bridgehead atoms. The first-order valence-electron chi connectivity index (χ1n) is 8.89. The molecule has 0 aliphatic heterocycles. The second-order valence-electron chi connectivity index (χ2n) is 6.54. The van der Waals surface area contributed by atoms with Crippen LogP contribution in [-0.4, -0.2) is 11.0 Å². The highest BCUT2D eigenvalue weighted by Crippen LogP contribution is 2.31. The van der Waals surface area contributed by atoms with Gasteiger partial charge in [-0.3, -0.25) is 0 Å². The van der Waals surface area contributed by atoms with E-state index in [1.165, 1.54) is 77.0 Å². The Morgan fingerprint density at radius 3 is 1.55 bits per heavy atom. The molecular formula is C18H41NO. The van der Waals surface area contributed by atoms with Crippen LogP contribution in [0.4, 0.5) is 0 Å². The number of hydrogen-bond donors (Lipinski definition) is 1. The number of rotatable bonds is 13. The zero-order chi connectivity index (χ0) is 14.6. The van der Waals surface area contributed by atoms with Crippen molar-refractivity contribution in [1.29, 1.82) is 0 Å². The lowest BCUT2D eigenvalue weighted by atomic mass is 9.75. The normalized spacial score (nSPS) is 13.1. The zero-order valence-electron chi connectivity index (χ0n) is 14.6. The Morgan fingerprint density at radius 2 is 1.15 bits per heavy atom. The lowest BCUT2D eigenvalue weighted by molar-refractivity contribution is 0.221. The summed E-state index contributed by atoms with van der Waals surface area (Å²) >= 11 is 0. The monoisotopic (exact) mass is 287 g/mol. The average Bonchev–Trinajstić information content (AvgIpc) is 2.39. The van der Waals surface area contributed by atoms with Gasteiger partial charge in [-0.1, -0.05) is 85.5 Å². The predicted molar refractivity (Wildman–Crippen MR) is 92.1 cm³/mol. The lowest BCUT2D eigenvalue weighted by Gasteiger charge is -2.36. The average molecular weight is 288 g/mol. The van der Waals surface area contributed by atoms with Gasteiger partial charge >= 0.3 is 0 Å². The highest BCUT2D eigenvalue weighted by molar-refractivity contribution is 4.89. The first kappa shape index (κ1) is 22.2. The second kappa shape index (κ2) is 13.9. The van der Waals surface area contributed by atoms with E-state index in [1.807, 2.05) is 0 Å². The van der Waals surface area contributed by atoms with Gasteiger partial charge in [0.25, 0.3) is 0 Å². The maximum absolute atomic E-state index is 6.81. The molecule has 0 aliphatic carbocycles. The number of nitrogens with two attached hydrogens (primary N) is 1. The summed E-state index contributed by atoms with van der Waals surface area (Å²) in [4.78, 5) is 0. The van der Waals surface area contributed by atoms with Crippen molar-refractivity contribution in [3.63, 3.8) is 0 Å². The molecule has 2 heteroatoms. The van der Waals surface area contributed by atoms with Crippen LogP contribution in [0.25, 0.3) is 0 Å². The van der Waals surface area contributed by atoms with Crippen LogP contribution >= 0.6 is 0 Å². The smallest absolute Gasteiger partial charge is 0.0180 e. The molecule has 2 nitrogen and oxygen atoms in total. The topological polar surface area (TPSA) is 57.5 Å². The number of unbranched alkanes of at least 4 members (excludes halogenated alkanes) is 6. The molecule has 0 saturated heterocycles. The van der Waals surface area contributed by atoms with Crippen molar-refractivity contribution in [1.82, 2.24) is 0 Å². The van der Waals surface area contributed by atoms with Crippen molar-refractivity contribution in [2.24, 2.45) is 11.7 Å². The molecule has 0 aromatic rings. The van der Waals surface area contributed by atoms with Crippen molar-refractivity contribution < 1.29 is 5.48 Å². The SMILES string of the molecule is CCCCCC(C)C(N)(CCCCC)CCCCC.O. The summed E-state index contributed by atoms with van der Waals surface area (Å²) in [5.74, 6) is 0.688. The fourth-order valence-corrected chi connectivity index (χ4v) is 3.01. The summed E-state index contributed by atoms with van der Waals surface area (Å²) in [6.45, 7) is 9.23. The summed E-state index contributed by atoms with van der Waals surface area (Å²) in [6.07, 6.45) is 15.7. The van der Waals surface area contributed by atoms with Crippen molar-refractivity contribution >= 4 is 0 Å². The van der Waals surface area contributed by atoms with Crippen LogP contribution in [0.3, 0.4) is 0 Å². The Kier molecular flexibility index (Phi) is 15.4. The molecule has 0 heterocycles. The molecule has 0 radical (unpaired) electrons. The molecule has 1 unspecified atom stereocenters. The summed E-state index contributed by atoms with van der Waals surface area (Å²) in [5, 5.41) is 0. The molecule has 124 valence electrons. The lowest BCUT2D eigenvalue weighted by Crippen LogP contribution is -2.46. The zero-order valence-corrected chi connectivity index (χ0v) is 14.6. The van der Waals surface area contributed by atoms with E-state index in [0.717, 1.165) is 0 Å². The molecule has 20 heavy (non-hydrogen) atoms. The van der Waals surface area contributed by atoms with E-state index in [1.54, 1.807) is 0 Å².